The first kappa shape index (κ1) is 23.7. The minimum atomic E-state index is -0.0564. The predicted molar refractivity (Wildman–Crippen MR) is 121 cm³/mol. The van der Waals surface area contributed by atoms with Crippen LogP contribution in [0.5, 0.6) is 0 Å². The lowest BCUT2D eigenvalue weighted by Crippen LogP contribution is -2.46. The quantitative estimate of drug-likeness (QED) is 0.352. The summed E-state index contributed by atoms with van der Waals surface area (Å²) in [4.78, 5) is 17.9. The van der Waals surface area contributed by atoms with E-state index < -0.39 is 0 Å². The van der Waals surface area contributed by atoms with Crippen molar-refractivity contribution in [1.29, 1.82) is 0 Å². The topological polar surface area (TPSA) is 66.0 Å². The van der Waals surface area contributed by atoms with Crippen LogP contribution in [0.25, 0.3) is 0 Å². The number of carbonyl (C=O) groups is 1. The van der Waals surface area contributed by atoms with Gasteiger partial charge in [0.1, 0.15) is 6.54 Å². The third-order valence-electron chi connectivity index (χ3n) is 4.65. The molecule has 152 valence electrons. The van der Waals surface area contributed by atoms with Crippen molar-refractivity contribution < 1.29 is 9.53 Å². The van der Waals surface area contributed by atoms with Gasteiger partial charge in [-0.3, -0.25) is 4.79 Å². The van der Waals surface area contributed by atoms with Gasteiger partial charge in [-0.25, -0.2) is 4.99 Å². The number of amides is 1. The van der Waals surface area contributed by atoms with E-state index in [1.54, 1.807) is 19.0 Å². The fourth-order valence-corrected chi connectivity index (χ4v) is 2.77. The van der Waals surface area contributed by atoms with Crippen LogP contribution in [0.4, 0.5) is 0 Å². The van der Waals surface area contributed by atoms with E-state index in [1.165, 1.54) is 5.56 Å². The summed E-state index contributed by atoms with van der Waals surface area (Å²) < 4.78 is 5.66. The van der Waals surface area contributed by atoms with Crippen LogP contribution in [0.2, 0.25) is 0 Å². The van der Waals surface area contributed by atoms with E-state index in [-0.39, 0.29) is 47.9 Å². The Morgan fingerprint density at radius 2 is 1.96 bits per heavy atom. The Balaban J connectivity index is 0.00000364. The predicted octanol–water partition coefficient (Wildman–Crippen LogP) is 2.38. The van der Waals surface area contributed by atoms with E-state index in [0.717, 1.165) is 19.4 Å². The first-order valence-electron chi connectivity index (χ1n) is 9.28. The van der Waals surface area contributed by atoms with E-state index in [9.17, 15) is 4.79 Å². The summed E-state index contributed by atoms with van der Waals surface area (Å²) in [5, 5.41) is 6.71. The van der Waals surface area contributed by atoms with Gasteiger partial charge in [0.05, 0.1) is 6.10 Å². The Bertz CT molecular complexity index is 599. The molecule has 7 heteroatoms. The maximum Gasteiger partial charge on any atom is 0.243 e. The van der Waals surface area contributed by atoms with Crippen molar-refractivity contribution in [2.45, 2.75) is 38.2 Å². The number of benzene rings is 1. The fourth-order valence-electron chi connectivity index (χ4n) is 2.77. The third-order valence-corrected chi connectivity index (χ3v) is 4.65. The van der Waals surface area contributed by atoms with E-state index in [1.807, 2.05) is 6.07 Å². The molecule has 0 radical (unpaired) electrons. The molecule has 0 bridgehead atoms. The van der Waals surface area contributed by atoms with Crippen LogP contribution in [-0.2, 0) is 14.9 Å². The van der Waals surface area contributed by atoms with Crippen molar-refractivity contribution in [3.8, 4) is 0 Å². The summed E-state index contributed by atoms with van der Waals surface area (Å²) in [6.45, 7) is 6.75. The highest BCUT2D eigenvalue weighted by atomic mass is 127. The second-order valence-corrected chi connectivity index (χ2v) is 7.57. The van der Waals surface area contributed by atoms with Crippen LogP contribution in [0.3, 0.4) is 0 Å². The van der Waals surface area contributed by atoms with Crippen molar-refractivity contribution in [3.63, 3.8) is 0 Å². The summed E-state index contributed by atoms with van der Waals surface area (Å²) >= 11 is 0. The lowest BCUT2D eigenvalue weighted by molar-refractivity contribution is -0.127. The summed E-state index contributed by atoms with van der Waals surface area (Å²) in [5.74, 6) is 0.630. The minimum absolute atomic E-state index is 0. The Morgan fingerprint density at radius 3 is 2.56 bits per heavy atom. The first-order valence-corrected chi connectivity index (χ1v) is 9.28. The molecule has 1 atom stereocenters. The summed E-state index contributed by atoms with van der Waals surface area (Å²) in [6.07, 6.45) is 2.38. The number of hydrogen-bond donors (Lipinski definition) is 2. The highest BCUT2D eigenvalue weighted by molar-refractivity contribution is 14.0. The molecule has 1 aliphatic rings. The average molecular weight is 488 g/mol. The molecule has 6 nitrogen and oxygen atoms in total. The van der Waals surface area contributed by atoms with Gasteiger partial charge in [-0.2, -0.15) is 0 Å². The van der Waals surface area contributed by atoms with Crippen LogP contribution >= 0.6 is 24.0 Å². The number of nitrogens with one attached hydrogen (secondary N) is 2. The van der Waals surface area contributed by atoms with Gasteiger partial charge in [-0.1, -0.05) is 44.2 Å². The minimum Gasteiger partial charge on any atom is -0.376 e. The highest BCUT2D eigenvalue weighted by Crippen LogP contribution is 2.21. The molecule has 0 saturated carbocycles. The first-order chi connectivity index (χ1) is 12.4. The monoisotopic (exact) mass is 488 g/mol. The molecular weight excluding hydrogens is 455 g/mol. The molecule has 1 aromatic rings. The standard InChI is InChI=1S/C20H32N4O2.HI/c1-20(2,16-9-6-5-7-10-16)15-23-19(22-14-18(25)24(3)4)21-13-17-11-8-12-26-17;/h5-7,9-10,17H,8,11-15H2,1-4H3,(H2,21,22,23);1H. The highest BCUT2D eigenvalue weighted by Gasteiger charge is 2.21. The van der Waals surface area contributed by atoms with E-state index in [2.05, 4.69) is 53.7 Å². The van der Waals surface area contributed by atoms with Crippen molar-refractivity contribution in [3.05, 3.63) is 35.9 Å². The Hall–Kier alpha value is -1.35. The number of aliphatic imine (C=N–C) groups is 1. The summed E-state index contributed by atoms with van der Waals surface area (Å²) in [5.41, 5.74) is 1.20. The smallest absolute Gasteiger partial charge is 0.243 e. The van der Waals surface area contributed by atoms with Gasteiger partial charge in [-0.15, -0.1) is 24.0 Å². The van der Waals surface area contributed by atoms with Crippen molar-refractivity contribution >= 4 is 35.8 Å². The summed E-state index contributed by atoms with van der Waals surface area (Å²) in [6, 6.07) is 10.4. The third kappa shape index (κ3) is 8.04. The lowest BCUT2D eigenvalue weighted by Gasteiger charge is -2.27. The molecule has 1 heterocycles. The van der Waals surface area contributed by atoms with Gasteiger partial charge < -0.3 is 20.3 Å². The van der Waals surface area contributed by atoms with Gasteiger partial charge in [-0.05, 0) is 18.4 Å². The molecule has 1 fully saturated rings. The van der Waals surface area contributed by atoms with Crippen molar-refractivity contribution in [2.24, 2.45) is 4.99 Å². The zero-order chi connectivity index (χ0) is 19.0. The molecule has 1 saturated heterocycles. The van der Waals surface area contributed by atoms with Gasteiger partial charge >= 0.3 is 0 Å². The van der Waals surface area contributed by atoms with E-state index >= 15 is 0 Å². The van der Waals surface area contributed by atoms with Crippen LogP contribution in [0, 0.1) is 0 Å². The number of halogens is 1. The molecule has 2 rings (SSSR count). The molecule has 1 unspecified atom stereocenters. The SMILES string of the molecule is CN(C)C(=O)CN=C(NCC1CCCO1)NCC(C)(C)c1ccccc1.I. The maximum absolute atomic E-state index is 11.9. The molecule has 1 aromatic carbocycles. The largest absolute Gasteiger partial charge is 0.376 e. The van der Waals surface area contributed by atoms with Crippen LogP contribution in [0.15, 0.2) is 35.3 Å². The average Bonchev–Trinajstić information content (AvgIpc) is 3.15. The van der Waals surface area contributed by atoms with Gasteiger partial charge in [0.2, 0.25) is 5.91 Å². The zero-order valence-electron chi connectivity index (χ0n) is 16.8. The van der Waals surface area contributed by atoms with Gasteiger partial charge in [0, 0.05) is 39.2 Å². The second kappa shape index (κ2) is 11.5. The number of carbonyl (C=O) groups excluding carboxylic acids is 1. The van der Waals surface area contributed by atoms with E-state index in [0.29, 0.717) is 19.0 Å². The van der Waals surface area contributed by atoms with Gasteiger partial charge in [0.25, 0.3) is 0 Å². The van der Waals surface area contributed by atoms with E-state index in [4.69, 9.17) is 4.74 Å². The number of ether oxygens (including phenoxy) is 1. The van der Waals surface area contributed by atoms with Crippen molar-refractivity contribution in [2.75, 3.05) is 40.3 Å². The maximum atomic E-state index is 11.9. The molecule has 1 amide bonds. The molecule has 27 heavy (non-hydrogen) atoms. The fraction of sp³-hybridized carbons (Fsp3) is 0.600. The molecular formula is C20H33IN4O2. The lowest BCUT2D eigenvalue weighted by atomic mass is 9.85. The number of guanidine groups is 1. The second-order valence-electron chi connectivity index (χ2n) is 7.57. The number of hydrogen-bond acceptors (Lipinski definition) is 3. The van der Waals surface area contributed by atoms with Crippen molar-refractivity contribution in [1.82, 2.24) is 15.5 Å². The number of nitrogens with zero attached hydrogens (tertiary/aromatic N) is 2. The number of likely N-dealkylation sites (N-methyl/N-ethyl adjacent to an activating group) is 1. The number of rotatable bonds is 7. The Kier molecular flexibility index (Phi) is 10.1. The van der Waals surface area contributed by atoms with Crippen LogP contribution in [0.1, 0.15) is 32.3 Å². The Labute approximate surface area is 180 Å². The van der Waals surface area contributed by atoms with Crippen LogP contribution < -0.4 is 10.6 Å². The Morgan fingerprint density at radius 1 is 1.26 bits per heavy atom. The van der Waals surface area contributed by atoms with Gasteiger partial charge in [0.15, 0.2) is 5.96 Å². The molecule has 0 spiro atoms. The molecule has 0 aromatic heterocycles. The zero-order valence-corrected chi connectivity index (χ0v) is 19.2. The summed E-state index contributed by atoms with van der Waals surface area (Å²) in [7, 11) is 3.48. The normalized spacial score (nSPS) is 17.2. The molecule has 1 aliphatic heterocycles. The molecule has 0 aliphatic carbocycles. The van der Waals surface area contributed by atoms with Crippen LogP contribution in [-0.4, -0.2) is 63.2 Å². The molecule has 2 N–H and O–H groups in total.